The molecule has 0 aliphatic heterocycles. The van der Waals surface area contributed by atoms with E-state index in [0.29, 0.717) is 0 Å². The van der Waals surface area contributed by atoms with Crippen molar-refractivity contribution in [2.45, 2.75) is 13.2 Å². The molecule has 12 heavy (non-hydrogen) atoms. The Balaban J connectivity index is 3.30. The predicted molar refractivity (Wildman–Crippen MR) is 50.7 cm³/mol. The standard InChI is InChI=1S/C8H10BClO2/c1-2-6-3-4-8(10)7(5-6)9(11)12/h3-5,11-12H,2H2,1H3/i1D3,2D2. The molecule has 0 fully saturated rings. The van der Waals surface area contributed by atoms with Gasteiger partial charge in [-0.2, -0.15) is 0 Å². The molecule has 0 radical (unpaired) electrons. The van der Waals surface area contributed by atoms with E-state index in [-0.39, 0.29) is 16.0 Å². The van der Waals surface area contributed by atoms with Crippen LogP contribution in [0.5, 0.6) is 0 Å². The highest BCUT2D eigenvalue weighted by atomic mass is 35.5. The second kappa shape index (κ2) is 3.94. The van der Waals surface area contributed by atoms with Crippen LogP contribution in [-0.2, 0) is 6.37 Å². The molecule has 0 atom stereocenters. The summed E-state index contributed by atoms with van der Waals surface area (Å²) >= 11 is 5.67. The lowest BCUT2D eigenvalue weighted by Crippen LogP contribution is -2.31. The Hall–Kier alpha value is -0.505. The van der Waals surface area contributed by atoms with Crippen LogP contribution < -0.4 is 5.46 Å². The van der Waals surface area contributed by atoms with Crippen LogP contribution in [0.4, 0.5) is 0 Å². The van der Waals surface area contributed by atoms with Crippen molar-refractivity contribution in [3.63, 3.8) is 0 Å². The molecule has 64 valence electrons. The minimum atomic E-state index is -2.85. The molecular formula is C8H10BClO2. The van der Waals surface area contributed by atoms with Crippen LogP contribution in [0, 0.1) is 0 Å². The maximum Gasteiger partial charge on any atom is 0.489 e. The molecule has 2 nitrogen and oxygen atoms in total. The van der Waals surface area contributed by atoms with E-state index in [1.54, 1.807) is 0 Å². The Morgan fingerprint density at radius 3 is 3.00 bits per heavy atom. The fraction of sp³-hybridized carbons (Fsp3) is 0.250. The zero-order valence-corrected chi connectivity index (χ0v) is 6.84. The Labute approximate surface area is 84.0 Å². The Morgan fingerprint density at radius 1 is 1.67 bits per heavy atom. The fourth-order valence-electron chi connectivity index (χ4n) is 0.819. The van der Waals surface area contributed by atoms with Crippen LogP contribution in [-0.4, -0.2) is 17.2 Å². The molecule has 1 rings (SSSR count). The summed E-state index contributed by atoms with van der Waals surface area (Å²) in [6.07, 6.45) is -2.58. The SMILES string of the molecule is [2H]C([2H])([2H])C([2H])([2H])c1ccc(Cl)c(B(O)O)c1. The highest BCUT2D eigenvalue weighted by molar-refractivity contribution is 6.62. The minimum absolute atomic E-state index is 0.0325. The quantitative estimate of drug-likeness (QED) is 0.668. The molecule has 1 aromatic carbocycles. The second-order valence-corrected chi connectivity index (χ2v) is 2.64. The van der Waals surface area contributed by atoms with Crippen LogP contribution >= 0.6 is 11.6 Å². The van der Waals surface area contributed by atoms with Crippen LogP contribution in [0.15, 0.2) is 18.2 Å². The fourth-order valence-corrected chi connectivity index (χ4v) is 1.03. The van der Waals surface area contributed by atoms with Gasteiger partial charge in [-0.15, -0.1) is 0 Å². The van der Waals surface area contributed by atoms with Crippen molar-refractivity contribution in [1.82, 2.24) is 0 Å². The maximum absolute atomic E-state index is 9.01. The number of aryl methyl sites for hydroxylation is 1. The molecule has 0 spiro atoms. The summed E-state index contributed by atoms with van der Waals surface area (Å²) in [6, 6.07) is 3.48. The number of hydrogen-bond acceptors (Lipinski definition) is 2. The van der Waals surface area contributed by atoms with Gasteiger partial charge in [-0.05, 0) is 18.0 Å². The van der Waals surface area contributed by atoms with Crippen LogP contribution in [0.1, 0.15) is 19.3 Å². The van der Waals surface area contributed by atoms with Crippen LogP contribution in [0.3, 0.4) is 0 Å². The van der Waals surface area contributed by atoms with Crippen molar-refractivity contribution in [2.75, 3.05) is 0 Å². The van der Waals surface area contributed by atoms with Crippen molar-refractivity contribution in [2.24, 2.45) is 0 Å². The van der Waals surface area contributed by atoms with E-state index in [9.17, 15) is 0 Å². The van der Waals surface area contributed by atoms with Crippen molar-refractivity contribution < 1.29 is 16.9 Å². The lowest BCUT2D eigenvalue weighted by atomic mass is 9.79. The lowest BCUT2D eigenvalue weighted by molar-refractivity contribution is 0.426. The maximum atomic E-state index is 9.01. The van der Waals surface area contributed by atoms with E-state index >= 15 is 0 Å². The molecule has 4 heteroatoms. The van der Waals surface area contributed by atoms with Gasteiger partial charge in [0.1, 0.15) is 0 Å². The molecule has 0 saturated carbocycles. The molecule has 0 aliphatic carbocycles. The average molecular weight is 189 g/mol. The summed E-state index contributed by atoms with van der Waals surface area (Å²) < 4.78 is 36.4. The predicted octanol–water partition coefficient (Wildman–Crippen LogP) is 0.582. The average Bonchev–Trinajstić information content (AvgIpc) is 2.15. The van der Waals surface area contributed by atoms with Gasteiger partial charge < -0.3 is 10.0 Å². The van der Waals surface area contributed by atoms with Gasteiger partial charge in [-0.25, -0.2) is 0 Å². The number of rotatable bonds is 2. The Morgan fingerprint density at radius 2 is 2.42 bits per heavy atom. The largest absolute Gasteiger partial charge is 0.489 e. The van der Waals surface area contributed by atoms with Gasteiger partial charge in [-0.3, -0.25) is 0 Å². The highest BCUT2D eigenvalue weighted by Crippen LogP contribution is 2.08. The van der Waals surface area contributed by atoms with Gasteiger partial charge >= 0.3 is 7.12 Å². The van der Waals surface area contributed by atoms with E-state index in [1.807, 2.05) is 0 Å². The molecule has 0 aromatic heterocycles. The number of hydrogen-bond donors (Lipinski definition) is 2. The summed E-state index contributed by atoms with van der Waals surface area (Å²) in [5.41, 5.74) is -0.303. The molecule has 1 aromatic rings. The van der Waals surface area contributed by atoms with Crippen molar-refractivity contribution in [1.29, 1.82) is 0 Å². The third kappa shape index (κ3) is 2.00. The Bertz CT molecular complexity index is 421. The van der Waals surface area contributed by atoms with E-state index in [4.69, 9.17) is 28.5 Å². The van der Waals surface area contributed by atoms with E-state index < -0.39 is 20.3 Å². The monoisotopic (exact) mass is 189 g/mol. The lowest BCUT2D eigenvalue weighted by Gasteiger charge is -2.04. The third-order valence-corrected chi connectivity index (χ3v) is 1.76. The normalized spacial score (nSPS) is 18.4. The van der Waals surface area contributed by atoms with Crippen LogP contribution in [0.25, 0.3) is 0 Å². The smallest absolute Gasteiger partial charge is 0.423 e. The first-order chi connectivity index (χ1) is 7.57. The van der Waals surface area contributed by atoms with Gasteiger partial charge in [-0.1, -0.05) is 30.6 Å². The van der Waals surface area contributed by atoms with Gasteiger partial charge in [0.25, 0.3) is 0 Å². The molecule has 0 amide bonds. The molecular weight excluding hydrogens is 174 g/mol. The van der Waals surface area contributed by atoms with E-state index in [1.165, 1.54) is 12.1 Å². The molecule has 2 N–H and O–H groups in total. The zero-order valence-electron chi connectivity index (χ0n) is 11.1. The van der Waals surface area contributed by atoms with Crippen LogP contribution in [0.2, 0.25) is 5.02 Å². The minimum Gasteiger partial charge on any atom is -0.423 e. The van der Waals surface area contributed by atoms with Gasteiger partial charge in [0.2, 0.25) is 0 Å². The summed E-state index contributed by atoms with van der Waals surface area (Å²) in [6.45, 7) is -2.85. The third-order valence-electron chi connectivity index (χ3n) is 1.42. The number of benzene rings is 1. The molecule has 0 heterocycles. The second-order valence-electron chi connectivity index (χ2n) is 2.23. The first-order valence-electron chi connectivity index (χ1n) is 5.73. The molecule has 0 unspecified atom stereocenters. The van der Waals surface area contributed by atoms with Gasteiger partial charge in [0.05, 0.1) is 0 Å². The van der Waals surface area contributed by atoms with E-state index in [0.717, 1.165) is 6.07 Å². The first kappa shape index (κ1) is 4.65. The highest BCUT2D eigenvalue weighted by Gasteiger charge is 2.14. The first-order valence-corrected chi connectivity index (χ1v) is 3.61. The van der Waals surface area contributed by atoms with Crippen molar-refractivity contribution in [3.8, 4) is 0 Å². The molecule has 0 aliphatic rings. The van der Waals surface area contributed by atoms with Gasteiger partial charge in [0.15, 0.2) is 0 Å². The Kier molecular flexibility index (Phi) is 1.53. The number of halogens is 1. The van der Waals surface area contributed by atoms with Gasteiger partial charge in [0, 0.05) is 17.3 Å². The summed E-state index contributed by atoms with van der Waals surface area (Å²) in [4.78, 5) is 0. The molecule has 0 saturated heterocycles. The zero-order chi connectivity index (χ0) is 13.4. The van der Waals surface area contributed by atoms with E-state index in [2.05, 4.69) is 0 Å². The summed E-state index contributed by atoms with van der Waals surface area (Å²) in [5, 5.41) is 18.0. The summed E-state index contributed by atoms with van der Waals surface area (Å²) in [7, 11) is -1.88. The summed E-state index contributed by atoms with van der Waals surface area (Å²) in [5.74, 6) is 0. The topological polar surface area (TPSA) is 40.5 Å². The van der Waals surface area contributed by atoms with Crippen molar-refractivity contribution in [3.05, 3.63) is 28.8 Å². The van der Waals surface area contributed by atoms with Crippen molar-refractivity contribution >= 4 is 24.2 Å². The molecule has 0 bridgehead atoms.